The van der Waals surface area contributed by atoms with Gasteiger partial charge in [-0.15, -0.1) is 11.3 Å². The molecule has 3 rings (SSSR count). The van der Waals surface area contributed by atoms with Crippen molar-refractivity contribution in [1.82, 2.24) is 9.62 Å². The normalized spacial score (nSPS) is 17.6. The van der Waals surface area contributed by atoms with Crippen LogP contribution in [0, 0.1) is 11.8 Å². The molecule has 1 amide bonds. The smallest absolute Gasteiger partial charge is 0.252 e. The molecule has 0 bridgehead atoms. The van der Waals surface area contributed by atoms with Crippen molar-refractivity contribution in [2.45, 2.75) is 30.5 Å². The lowest BCUT2D eigenvalue weighted by atomic mass is 9.85. The van der Waals surface area contributed by atoms with Crippen LogP contribution < -0.4 is 5.32 Å². The van der Waals surface area contributed by atoms with Crippen LogP contribution in [-0.4, -0.2) is 31.7 Å². The summed E-state index contributed by atoms with van der Waals surface area (Å²) in [7, 11) is -3.49. The van der Waals surface area contributed by atoms with Crippen molar-refractivity contribution in [3.8, 4) is 0 Å². The first-order valence-electron chi connectivity index (χ1n) is 8.95. The highest BCUT2D eigenvalue weighted by Crippen LogP contribution is 2.32. The summed E-state index contributed by atoms with van der Waals surface area (Å²) in [6, 6.07) is 12.9. The van der Waals surface area contributed by atoms with Crippen LogP contribution >= 0.6 is 22.9 Å². The van der Waals surface area contributed by atoms with Crippen molar-refractivity contribution in [3.63, 3.8) is 0 Å². The SMILES string of the molecule is CC(C(=O)NCc1ccccc1)C1CCN(S(=O)(=O)c2ccc(Cl)s2)CC1. The van der Waals surface area contributed by atoms with Crippen LogP contribution in [0.1, 0.15) is 25.3 Å². The molecule has 0 saturated carbocycles. The lowest BCUT2D eigenvalue weighted by molar-refractivity contribution is -0.126. The molecule has 1 aromatic heterocycles. The highest BCUT2D eigenvalue weighted by atomic mass is 35.5. The number of hydrogen-bond acceptors (Lipinski definition) is 4. The molecule has 1 unspecified atom stereocenters. The van der Waals surface area contributed by atoms with Gasteiger partial charge in [0, 0.05) is 25.6 Å². The van der Waals surface area contributed by atoms with Gasteiger partial charge in [0.05, 0.1) is 4.34 Å². The van der Waals surface area contributed by atoms with Gasteiger partial charge in [0.25, 0.3) is 10.0 Å². The van der Waals surface area contributed by atoms with Gasteiger partial charge in [-0.05, 0) is 36.5 Å². The molecule has 1 fully saturated rings. The van der Waals surface area contributed by atoms with Gasteiger partial charge in [0.15, 0.2) is 0 Å². The van der Waals surface area contributed by atoms with E-state index in [1.807, 2.05) is 37.3 Å². The molecule has 1 aliphatic heterocycles. The monoisotopic (exact) mass is 426 g/mol. The average Bonchev–Trinajstić information content (AvgIpc) is 3.13. The predicted molar refractivity (Wildman–Crippen MR) is 108 cm³/mol. The fourth-order valence-corrected chi connectivity index (χ4v) is 6.45. The number of halogens is 1. The number of benzene rings is 1. The Morgan fingerprint density at radius 1 is 1.22 bits per heavy atom. The van der Waals surface area contributed by atoms with E-state index < -0.39 is 10.0 Å². The maximum Gasteiger partial charge on any atom is 0.252 e. The van der Waals surface area contributed by atoms with Crippen LogP contribution in [0.2, 0.25) is 4.34 Å². The first-order chi connectivity index (χ1) is 12.9. The third-order valence-corrected chi connectivity index (χ3v) is 8.67. The number of piperidine rings is 1. The van der Waals surface area contributed by atoms with Crippen LogP contribution in [0.4, 0.5) is 0 Å². The number of carbonyl (C=O) groups is 1. The molecule has 0 spiro atoms. The van der Waals surface area contributed by atoms with Gasteiger partial charge in [-0.2, -0.15) is 4.31 Å². The van der Waals surface area contributed by atoms with E-state index in [1.54, 1.807) is 12.1 Å². The Bertz CT molecular complexity index is 875. The fraction of sp³-hybridized carbons (Fsp3) is 0.421. The number of nitrogens with one attached hydrogen (secondary N) is 1. The standard InChI is InChI=1S/C19H23ClN2O3S2/c1-14(19(23)21-13-15-5-3-2-4-6-15)16-9-11-22(12-10-16)27(24,25)18-8-7-17(20)26-18/h2-8,14,16H,9-13H2,1H3,(H,21,23). The molecule has 5 nitrogen and oxygen atoms in total. The zero-order chi connectivity index (χ0) is 19.4. The molecule has 1 saturated heterocycles. The number of carbonyl (C=O) groups excluding carboxylic acids is 1. The van der Waals surface area contributed by atoms with E-state index in [2.05, 4.69) is 5.32 Å². The topological polar surface area (TPSA) is 66.5 Å². The lowest BCUT2D eigenvalue weighted by Gasteiger charge is -2.33. The zero-order valence-electron chi connectivity index (χ0n) is 15.1. The Balaban J connectivity index is 1.53. The van der Waals surface area contributed by atoms with Crippen LogP contribution in [-0.2, 0) is 21.4 Å². The minimum absolute atomic E-state index is 0.0187. The van der Waals surface area contributed by atoms with Gasteiger partial charge < -0.3 is 5.32 Å². The number of nitrogens with zero attached hydrogens (tertiary/aromatic N) is 1. The number of sulfonamides is 1. The summed E-state index contributed by atoms with van der Waals surface area (Å²) in [5, 5.41) is 2.98. The fourth-order valence-electron chi connectivity index (χ4n) is 3.34. The summed E-state index contributed by atoms with van der Waals surface area (Å²) < 4.78 is 27.6. The number of thiophene rings is 1. The quantitative estimate of drug-likeness (QED) is 0.764. The highest BCUT2D eigenvalue weighted by molar-refractivity contribution is 7.91. The van der Waals surface area contributed by atoms with E-state index in [0.717, 1.165) is 16.9 Å². The Hall–Kier alpha value is -1.41. The molecule has 8 heteroatoms. The van der Waals surface area contributed by atoms with E-state index in [9.17, 15) is 13.2 Å². The van der Waals surface area contributed by atoms with Crippen LogP contribution in [0.3, 0.4) is 0 Å². The van der Waals surface area contributed by atoms with E-state index in [0.29, 0.717) is 36.8 Å². The van der Waals surface area contributed by atoms with Crippen LogP contribution in [0.5, 0.6) is 0 Å². The number of hydrogen-bond donors (Lipinski definition) is 1. The Morgan fingerprint density at radius 3 is 2.48 bits per heavy atom. The minimum Gasteiger partial charge on any atom is -0.352 e. The predicted octanol–water partition coefficient (Wildman–Crippen LogP) is 3.75. The van der Waals surface area contributed by atoms with E-state index in [1.165, 1.54) is 4.31 Å². The molecule has 0 aliphatic carbocycles. The molecule has 0 radical (unpaired) electrons. The second-order valence-corrected chi connectivity index (χ2v) is 10.7. The average molecular weight is 427 g/mol. The third kappa shape index (κ3) is 4.90. The number of amides is 1. The first kappa shape index (κ1) is 20.3. The maximum absolute atomic E-state index is 12.7. The summed E-state index contributed by atoms with van der Waals surface area (Å²) in [6.07, 6.45) is 1.36. The summed E-state index contributed by atoms with van der Waals surface area (Å²) >= 11 is 6.95. The molecular formula is C19H23ClN2O3S2. The summed E-state index contributed by atoms with van der Waals surface area (Å²) in [4.78, 5) is 12.5. The number of rotatable bonds is 6. The molecule has 2 aromatic rings. The van der Waals surface area contributed by atoms with Gasteiger partial charge >= 0.3 is 0 Å². The Kier molecular flexibility index (Phi) is 6.57. The van der Waals surface area contributed by atoms with Crippen molar-refractivity contribution in [3.05, 3.63) is 52.4 Å². The minimum atomic E-state index is -3.49. The lowest BCUT2D eigenvalue weighted by Crippen LogP contribution is -2.42. The van der Waals surface area contributed by atoms with E-state index in [4.69, 9.17) is 11.6 Å². The van der Waals surface area contributed by atoms with Gasteiger partial charge in [0.2, 0.25) is 5.91 Å². The van der Waals surface area contributed by atoms with Crippen molar-refractivity contribution in [1.29, 1.82) is 0 Å². The molecule has 1 aromatic carbocycles. The highest BCUT2D eigenvalue weighted by Gasteiger charge is 2.34. The third-order valence-electron chi connectivity index (χ3n) is 5.07. The molecule has 1 N–H and O–H groups in total. The van der Waals surface area contributed by atoms with E-state index in [-0.39, 0.29) is 22.0 Å². The van der Waals surface area contributed by atoms with Crippen molar-refractivity contribution in [2.24, 2.45) is 11.8 Å². The van der Waals surface area contributed by atoms with Gasteiger partial charge in [-0.1, -0.05) is 48.9 Å². The van der Waals surface area contributed by atoms with Gasteiger partial charge in [0.1, 0.15) is 4.21 Å². The second-order valence-electron chi connectivity index (χ2n) is 6.79. The van der Waals surface area contributed by atoms with Gasteiger partial charge in [-0.3, -0.25) is 4.79 Å². The Morgan fingerprint density at radius 2 is 1.89 bits per heavy atom. The van der Waals surface area contributed by atoms with Crippen LogP contribution in [0.25, 0.3) is 0 Å². The van der Waals surface area contributed by atoms with Gasteiger partial charge in [-0.25, -0.2) is 8.42 Å². The van der Waals surface area contributed by atoms with E-state index >= 15 is 0 Å². The summed E-state index contributed by atoms with van der Waals surface area (Å²) in [5.74, 6) is 0.0547. The molecular weight excluding hydrogens is 404 g/mol. The molecule has 27 heavy (non-hydrogen) atoms. The Labute approximate surface area is 169 Å². The largest absolute Gasteiger partial charge is 0.352 e. The van der Waals surface area contributed by atoms with Crippen molar-refractivity contribution in [2.75, 3.05) is 13.1 Å². The molecule has 1 atom stereocenters. The second kappa shape index (κ2) is 8.73. The molecule has 1 aliphatic rings. The van der Waals surface area contributed by atoms with Crippen LogP contribution in [0.15, 0.2) is 46.7 Å². The summed E-state index contributed by atoms with van der Waals surface area (Å²) in [6.45, 7) is 3.29. The molecule has 2 heterocycles. The first-order valence-corrected chi connectivity index (χ1v) is 11.6. The van der Waals surface area contributed by atoms with Crippen molar-refractivity contribution < 1.29 is 13.2 Å². The van der Waals surface area contributed by atoms with Crippen molar-refractivity contribution >= 4 is 38.9 Å². The zero-order valence-corrected chi connectivity index (χ0v) is 17.5. The summed E-state index contributed by atoms with van der Waals surface area (Å²) in [5.41, 5.74) is 1.06. The molecule has 146 valence electrons. The maximum atomic E-state index is 12.7.